The molecule has 3 rings (SSSR count). The largest absolute Gasteiger partial charge is 0.461 e. The van der Waals surface area contributed by atoms with E-state index in [2.05, 4.69) is 5.32 Å². The van der Waals surface area contributed by atoms with Crippen LogP contribution in [0.2, 0.25) is 0 Å². The molecule has 0 spiro atoms. The van der Waals surface area contributed by atoms with Crippen molar-refractivity contribution in [3.8, 4) is 0 Å². The van der Waals surface area contributed by atoms with Crippen LogP contribution < -0.4 is 5.32 Å². The third kappa shape index (κ3) is 4.98. The molecule has 28 heavy (non-hydrogen) atoms. The number of carbonyl (C=O) groups excluding carboxylic acids is 2. The SMILES string of the molecule is CC(CC(=O)OCc1ccccc1)NC(=O)C1(c2ccccc2)CCCCO1. The Balaban J connectivity index is 1.58. The fourth-order valence-corrected chi connectivity index (χ4v) is 3.48. The van der Waals surface area contributed by atoms with Gasteiger partial charge in [-0.1, -0.05) is 60.7 Å². The molecule has 1 fully saturated rings. The molecular formula is C23H27NO4. The van der Waals surface area contributed by atoms with Gasteiger partial charge in [-0.25, -0.2) is 0 Å². The lowest BCUT2D eigenvalue weighted by atomic mass is 9.85. The molecule has 1 amide bonds. The Morgan fingerprint density at radius 3 is 2.39 bits per heavy atom. The molecule has 1 aliphatic heterocycles. The Morgan fingerprint density at radius 1 is 1.07 bits per heavy atom. The summed E-state index contributed by atoms with van der Waals surface area (Å²) >= 11 is 0. The van der Waals surface area contributed by atoms with E-state index in [0.717, 1.165) is 24.0 Å². The van der Waals surface area contributed by atoms with Gasteiger partial charge < -0.3 is 14.8 Å². The number of benzene rings is 2. The molecule has 0 aliphatic carbocycles. The summed E-state index contributed by atoms with van der Waals surface area (Å²) in [5.41, 5.74) is 0.805. The Labute approximate surface area is 166 Å². The molecule has 2 aromatic carbocycles. The molecule has 5 nitrogen and oxygen atoms in total. The Hall–Kier alpha value is -2.66. The van der Waals surface area contributed by atoms with E-state index in [1.54, 1.807) is 0 Å². The zero-order chi connectivity index (χ0) is 19.8. The van der Waals surface area contributed by atoms with Crippen LogP contribution in [-0.2, 0) is 31.3 Å². The van der Waals surface area contributed by atoms with Gasteiger partial charge in [0.25, 0.3) is 5.91 Å². The lowest BCUT2D eigenvalue weighted by Crippen LogP contribution is -2.51. The van der Waals surface area contributed by atoms with Gasteiger partial charge >= 0.3 is 5.97 Å². The molecular weight excluding hydrogens is 354 g/mol. The first-order valence-corrected chi connectivity index (χ1v) is 9.80. The van der Waals surface area contributed by atoms with Gasteiger partial charge in [-0.3, -0.25) is 9.59 Å². The van der Waals surface area contributed by atoms with Crippen LogP contribution in [0.15, 0.2) is 60.7 Å². The van der Waals surface area contributed by atoms with Gasteiger partial charge in [0.15, 0.2) is 5.60 Å². The van der Waals surface area contributed by atoms with Crippen molar-refractivity contribution in [1.29, 1.82) is 0 Å². The molecule has 1 heterocycles. The minimum atomic E-state index is -0.984. The number of nitrogens with one attached hydrogen (secondary N) is 1. The molecule has 0 saturated carbocycles. The Kier molecular flexibility index (Phi) is 6.82. The summed E-state index contributed by atoms with van der Waals surface area (Å²) in [6.45, 7) is 2.59. The van der Waals surface area contributed by atoms with Crippen LogP contribution in [0.25, 0.3) is 0 Å². The molecule has 1 saturated heterocycles. The maximum absolute atomic E-state index is 13.1. The Bertz CT molecular complexity index is 770. The number of hydrogen-bond acceptors (Lipinski definition) is 4. The van der Waals surface area contributed by atoms with E-state index in [1.165, 1.54) is 0 Å². The van der Waals surface area contributed by atoms with Crippen molar-refractivity contribution in [3.63, 3.8) is 0 Å². The lowest BCUT2D eigenvalue weighted by molar-refractivity contribution is -0.157. The summed E-state index contributed by atoms with van der Waals surface area (Å²) in [6.07, 6.45) is 2.62. The normalized spacial score (nSPS) is 20.2. The number of ether oxygens (including phenoxy) is 2. The minimum absolute atomic E-state index is 0.115. The Morgan fingerprint density at radius 2 is 1.75 bits per heavy atom. The molecule has 0 bridgehead atoms. The molecule has 2 atom stereocenters. The number of hydrogen-bond donors (Lipinski definition) is 1. The average molecular weight is 381 g/mol. The topological polar surface area (TPSA) is 64.6 Å². The molecule has 1 aliphatic rings. The van der Waals surface area contributed by atoms with E-state index in [4.69, 9.17) is 9.47 Å². The van der Waals surface area contributed by atoms with Gasteiger partial charge in [-0.15, -0.1) is 0 Å². The number of rotatable bonds is 7. The fourth-order valence-electron chi connectivity index (χ4n) is 3.48. The summed E-state index contributed by atoms with van der Waals surface area (Å²) < 4.78 is 11.3. The van der Waals surface area contributed by atoms with Gasteiger partial charge in [0.2, 0.25) is 0 Å². The molecule has 0 radical (unpaired) electrons. The van der Waals surface area contributed by atoms with Gasteiger partial charge in [0, 0.05) is 12.6 Å². The highest BCUT2D eigenvalue weighted by molar-refractivity contribution is 5.87. The minimum Gasteiger partial charge on any atom is -0.461 e. The average Bonchev–Trinajstić information content (AvgIpc) is 2.74. The highest BCUT2D eigenvalue weighted by atomic mass is 16.5. The van der Waals surface area contributed by atoms with Crippen molar-refractivity contribution < 1.29 is 19.1 Å². The second-order valence-corrected chi connectivity index (χ2v) is 7.22. The third-order valence-corrected chi connectivity index (χ3v) is 4.97. The first kappa shape index (κ1) is 20.1. The second kappa shape index (κ2) is 9.51. The van der Waals surface area contributed by atoms with Gasteiger partial charge in [-0.2, -0.15) is 0 Å². The molecule has 2 unspecified atom stereocenters. The van der Waals surface area contributed by atoms with Crippen LogP contribution in [-0.4, -0.2) is 24.5 Å². The monoisotopic (exact) mass is 381 g/mol. The van der Waals surface area contributed by atoms with Crippen LogP contribution in [0.1, 0.15) is 43.7 Å². The maximum Gasteiger partial charge on any atom is 0.308 e. The summed E-state index contributed by atoms with van der Waals surface area (Å²) in [5, 5.41) is 2.95. The molecule has 2 aromatic rings. The van der Waals surface area contributed by atoms with E-state index in [9.17, 15) is 9.59 Å². The van der Waals surface area contributed by atoms with Crippen molar-refractivity contribution in [1.82, 2.24) is 5.32 Å². The van der Waals surface area contributed by atoms with Crippen molar-refractivity contribution in [2.24, 2.45) is 0 Å². The highest BCUT2D eigenvalue weighted by Gasteiger charge is 2.43. The number of amides is 1. The summed E-state index contributed by atoms with van der Waals surface area (Å²) in [5.74, 6) is -0.531. The van der Waals surface area contributed by atoms with E-state index >= 15 is 0 Å². The number of esters is 1. The van der Waals surface area contributed by atoms with E-state index in [1.807, 2.05) is 67.6 Å². The lowest BCUT2D eigenvalue weighted by Gasteiger charge is -2.37. The van der Waals surface area contributed by atoms with Crippen LogP contribution in [0.3, 0.4) is 0 Å². The van der Waals surface area contributed by atoms with Gasteiger partial charge in [-0.05, 0) is 37.3 Å². The van der Waals surface area contributed by atoms with E-state index < -0.39 is 5.60 Å². The third-order valence-electron chi connectivity index (χ3n) is 4.97. The van der Waals surface area contributed by atoms with Crippen molar-refractivity contribution in [3.05, 3.63) is 71.8 Å². The fraction of sp³-hybridized carbons (Fsp3) is 0.391. The molecule has 1 N–H and O–H groups in total. The van der Waals surface area contributed by atoms with Gasteiger partial charge in [0.1, 0.15) is 6.61 Å². The zero-order valence-electron chi connectivity index (χ0n) is 16.2. The molecule has 0 aromatic heterocycles. The van der Waals surface area contributed by atoms with Crippen LogP contribution in [0.5, 0.6) is 0 Å². The van der Waals surface area contributed by atoms with Crippen LogP contribution in [0.4, 0.5) is 0 Å². The van der Waals surface area contributed by atoms with Gasteiger partial charge in [0.05, 0.1) is 6.42 Å². The van der Waals surface area contributed by atoms with Crippen LogP contribution in [0, 0.1) is 0 Å². The zero-order valence-corrected chi connectivity index (χ0v) is 16.2. The number of carbonyl (C=O) groups is 2. The molecule has 5 heteroatoms. The molecule has 148 valence electrons. The summed E-state index contributed by atoms with van der Waals surface area (Å²) in [7, 11) is 0. The van der Waals surface area contributed by atoms with E-state index in [-0.39, 0.29) is 30.9 Å². The summed E-state index contributed by atoms with van der Waals surface area (Å²) in [4.78, 5) is 25.2. The van der Waals surface area contributed by atoms with Crippen molar-refractivity contribution >= 4 is 11.9 Å². The maximum atomic E-state index is 13.1. The first-order valence-electron chi connectivity index (χ1n) is 9.80. The second-order valence-electron chi connectivity index (χ2n) is 7.22. The van der Waals surface area contributed by atoms with Crippen molar-refractivity contribution in [2.75, 3.05) is 6.61 Å². The van der Waals surface area contributed by atoms with Crippen molar-refractivity contribution in [2.45, 2.75) is 50.9 Å². The predicted molar refractivity (Wildman–Crippen MR) is 106 cm³/mol. The first-order chi connectivity index (χ1) is 13.6. The smallest absolute Gasteiger partial charge is 0.308 e. The van der Waals surface area contributed by atoms with E-state index in [0.29, 0.717) is 13.0 Å². The summed E-state index contributed by atoms with van der Waals surface area (Å²) in [6, 6.07) is 18.8. The highest BCUT2D eigenvalue weighted by Crippen LogP contribution is 2.35. The van der Waals surface area contributed by atoms with Crippen LogP contribution >= 0.6 is 0 Å². The predicted octanol–water partition coefficient (Wildman–Crippen LogP) is 3.72. The quantitative estimate of drug-likeness (QED) is 0.743. The standard InChI is InChI=1S/C23H27NO4/c1-18(16-21(25)27-17-19-10-4-2-5-11-19)24-22(26)23(14-8-9-15-28-23)20-12-6-3-7-13-20/h2-7,10-13,18H,8-9,14-17H2,1H3,(H,24,26).